The van der Waals surface area contributed by atoms with Crippen LogP contribution in [0, 0.1) is 13.8 Å². The quantitative estimate of drug-likeness (QED) is 0.823. The Balaban J connectivity index is 2.06. The van der Waals surface area contributed by atoms with Crippen molar-refractivity contribution in [3.05, 3.63) is 34.9 Å². The van der Waals surface area contributed by atoms with Crippen molar-refractivity contribution in [2.24, 2.45) is 0 Å². The van der Waals surface area contributed by atoms with Crippen LogP contribution in [-0.4, -0.2) is 24.1 Å². The van der Waals surface area contributed by atoms with E-state index in [9.17, 15) is 0 Å². The molecular weight excluding hydrogens is 202 g/mol. The summed E-state index contributed by atoms with van der Waals surface area (Å²) in [4.78, 5) is 0. The molecule has 0 radical (unpaired) electrons. The molecule has 1 atom stereocenters. The van der Waals surface area contributed by atoms with E-state index in [2.05, 4.69) is 49.1 Å². The van der Waals surface area contributed by atoms with Crippen molar-refractivity contribution >= 4 is 11.8 Å². The molecule has 2 heteroatoms. The van der Waals surface area contributed by atoms with Crippen LogP contribution >= 0.6 is 11.8 Å². The summed E-state index contributed by atoms with van der Waals surface area (Å²) >= 11 is 2.11. The van der Waals surface area contributed by atoms with Gasteiger partial charge < -0.3 is 5.32 Å². The molecule has 0 amide bonds. The largest absolute Gasteiger partial charge is 0.315 e. The van der Waals surface area contributed by atoms with Crippen molar-refractivity contribution in [3.63, 3.8) is 0 Å². The minimum Gasteiger partial charge on any atom is -0.315 e. The Morgan fingerprint density at radius 3 is 3.00 bits per heavy atom. The predicted molar refractivity (Wildman–Crippen MR) is 68.7 cm³/mol. The molecule has 0 saturated carbocycles. The molecule has 1 fully saturated rings. The fourth-order valence-corrected chi connectivity index (χ4v) is 3.16. The number of aryl methyl sites for hydroxylation is 1. The van der Waals surface area contributed by atoms with E-state index in [4.69, 9.17) is 0 Å². The highest BCUT2D eigenvalue weighted by atomic mass is 32.2. The van der Waals surface area contributed by atoms with E-state index in [-0.39, 0.29) is 0 Å². The summed E-state index contributed by atoms with van der Waals surface area (Å²) in [6.07, 6.45) is 1.21. The fourth-order valence-electron chi connectivity index (χ4n) is 2.03. The fraction of sp³-hybridized carbons (Fsp3) is 0.538. The number of hydrogen-bond acceptors (Lipinski definition) is 2. The summed E-state index contributed by atoms with van der Waals surface area (Å²) in [5, 5.41) is 4.23. The highest BCUT2D eigenvalue weighted by Crippen LogP contribution is 2.21. The molecule has 1 saturated heterocycles. The minimum atomic E-state index is 0.763. The van der Waals surface area contributed by atoms with Gasteiger partial charge in [0.2, 0.25) is 0 Å². The number of rotatable bonds is 2. The zero-order valence-corrected chi connectivity index (χ0v) is 10.4. The number of hydrogen-bond donors (Lipinski definition) is 1. The molecule has 82 valence electrons. The van der Waals surface area contributed by atoms with Crippen LogP contribution < -0.4 is 5.32 Å². The summed E-state index contributed by atoms with van der Waals surface area (Å²) in [5.41, 5.74) is 4.42. The van der Waals surface area contributed by atoms with Gasteiger partial charge in [-0.1, -0.05) is 18.2 Å². The second-order valence-electron chi connectivity index (χ2n) is 4.26. The first-order valence-electron chi connectivity index (χ1n) is 5.65. The molecule has 0 spiro atoms. The van der Waals surface area contributed by atoms with Crippen molar-refractivity contribution in [1.82, 2.24) is 5.32 Å². The molecule has 2 rings (SSSR count). The van der Waals surface area contributed by atoms with Crippen molar-refractivity contribution in [2.75, 3.05) is 18.8 Å². The Labute approximate surface area is 96.7 Å². The molecule has 0 aromatic heterocycles. The number of nitrogens with one attached hydrogen (secondary N) is 1. The van der Waals surface area contributed by atoms with Gasteiger partial charge in [0, 0.05) is 24.1 Å². The van der Waals surface area contributed by atoms with Crippen LogP contribution in [0.2, 0.25) is 0 Å². The molecular formula is C13H19NS. The van der Waals surface area contributed by atoms with E-state index in [1.807, 2.05) is 0 Å². The first-order valence-corrected chi connectivity index (χ1v) is 6.69. The lowest BCUT2D eigenvalue weighted by atomic mass is 9.99. The Hall–Kier alpha value is -0.470. The second kappa shape index (κ2) is 5.04. The molecule has 1 aliphatic heterocycles. The zero-order chi connectivity index (χ0) is 10.7. The average Bonchev–Trinajstić information content (AvgIpc) is 2.26. The van der Waals surface area contributed by atoms with Gasteiger partial charge >= 0.3 is 0 Å². The third-order valence-electron chi connectivity index (χ3n) is 3.17. The van der Waals surface area contributed by atoms with Gasteiger partial charge in [-0.25, -0.2) is 0 Å². The third kappa shape index (κ3) is 2.76. The third-order valence-corrected chi connectivity index (χ3v) is 4.41. The van der Waals surface area contributed by atoms with Gasteiger partial charge in [-0.15, -0.1) is 0 Å². The molecule has 1 N–H and O–H groups in total. The van der Waals surface area contributed by atoms with E-state index in [1.165, 1.54) is 35.4 Å². The molecule has 1 nitrogen and oxygen atoms in total. The summed E-state index contributed by atoms with van der Waals surface area (Å²) in [7, 11) is 0. The molecule has 1 aromatic carbocycles. The second-order valence-corrected chi connectivity index (χ2v) is 5.67. The van der Waals surface area contributed by atoms with E-state index < -0.39 is 0 Å². The first kappa shape index (κ1) is 11.0. The first-order chi connectivity index (χ1) is 7.27. The summed E-state index contributed by atoms with van der Waals surface area (Å²) in [5.74, 6) is 1.26. The van der Waals surface area contributed by atoms with Gasteiger partial charge in [-0.05, 0) is 37.0 Å². The lowest BCUT2D eigenvalue weighted by Gasteiger charge is -2.23. The van der Waals surface area contributed by atoms with E-state index >= 15 is 0 Å². The van der Waals surface area contributed by atoms with Crippen LogP contribution in [0.25, 0.3) is 0 Å². The van der Waals surface area contributed by atoms with Crippen LogP contribution in [0.3, 0.4) is 0 Å². The topological polar surface area (TPSA) is 12.0 Å². The smallest absolute Gasteiger partial charge is 0.0213 e. The van der Waals surface area contributed by atoms with Gasteiger partial charge in [0.15, 0.2) is 0 Å². The average molecular weight is 221 g/mol. The monoisotopic (exact) mass is 221 g/mol. The lowest BCUT2D eigenvalue weighted by molar-refractivity contribution is 0.665. The van der Waals surface area contributed by atoms with Crippen LogP contribution in [-0.2, 0) is 6.42 Å². The van der Waals surface area contributed by atoms with Gasteiger partial charge in [-0.3, -0.25) is 0 Å². The van der Waals surface area contributed by atoms with Gasteiger partial charge in [0.05, 0.1) is 0 Å². The highest BCUT2D eigenvalue weighted by Gasteiger charge is 2.14. The van der Waals surface area contributed by atoms with Crippen LogP contribution in [0.4, 0.5) is 0 Å². The Morgan fingerprint density at radius 1 is 1.40 bits per heavy atom. The van der Waals surface area contributed by atoms with E-state index in [0.29, 0.717) is 0 Å². The molecule has 0 bridgehead atoms. The summed E-state index contributed by atoms with van der Waals surface area (Å²) in [6, 6.07) is 6.65. The van der Waals surface area contributed by atoms with Crippen LogP contribution in [0.15, 0.2) is 18.2 Å². The predicted octanol–water partition coefficient (Wildman–Crippen LogP) is 2.55. The maximum Gasteiger partial charge on any atom is 0.0213 e. The Kier molecular flexibility index (Phi) is 3.71. The molecule has 1 unspecified atom stereocenters. The number of benzene rings is 1. The molecule has 1 aliphatic rings. The SMILES string of the molecule is Cc1cccc(CC2CNCCS2)c1C. The maximum absolute atomic E-state index is 3.47. The van der Waals surface area contributed by atoms with E-state index in [1.54, 1.807) is 0 Å². The van der Waals surface area contributed by atoms with Crippen molar-refractivity contribution < 1.29 is 0 Å². The van der Waals surface area contributed by atoms with Crippen molar-refractivity contribution in [2.45, 2.75) is 25.5 Å². The highest BCUT2D eigenvalue weighted by molar-refractivity contribution is 8.00. The molecule has 15 heavy (non-hydrogen) atoms. The molecule has 1 aromatic rings. The lowest BCUT2D eigenvalue weighted by Crippen LogP contribution is -2.33. The summed E-state index contributed by atoms with van der Waals surface area (Å²) in [6.45, 7) is 6.78. The normalized spacial score (nSPS) is 21.6. The van der Waals surface area contributed by atoms with Crippen molar-refractivity contribution in [3.8, 4) is 0 Å². The standard InChI is InChI=1S/C13H19NS/c1-10-4-3-5-12(11(10)2)8-13-9-14-6-7-15-13/h3-5,13-14H,6-9H2,1-2H3. The molecule has 1 heterocycles. The maximum atomic E-state index is 3.47. The van der Waals surface area contributed by atoms with E-state index in [0.717, 1.165) is 11.8 Å². The van der Waals surface area contributed by atoms with Crippen molar-refractivity contribution in [1.29, 1.82) is 0 Å². The van der Waals surface area contributed by atoms with Gasteiger partial charge in [-0.2, -0.15) is 11.8 Å². The zero-order valence-electron chi connectivity index (χ0n) is 9.55. The number of thioether (sulfide) groups is 1. The Morgan fingerprint density at radius 2 is 2.27 bits per heavy atom. The summed E-state index contributed by atoms with van der Waals surface area (Å²) < 4.78 is 0. The van der Waals surface area contributed by atoms with Gasteiger partial charge in [0.25, 0.3) is 0 Å². The van der Waals surface area contributed by atoms with Crippen LogP contribution in [0.5, 0.6) is 0 Å². The van der Waals surface area contributed by atoms with Gasteiger partial charge in [0.1, 0.15) is 0 Å². The Bertz CT molecular complexity index is 329. The van der Waals surface area contributed by atoms with Crippen LogP contribution in [0.1, 0.15) is 16.7 Å². The molecule has 0 aliphatic carbocycles. The minimum absolute atomic E-state index is 0.763.